The third-order valence-electron chi connectivity index (χ3n) is 8.71. The lowest BCUT2D eigenvalue weighted by Crippen LogP contribution is -2.64. The number of nitrogens with one attached hydrogen (secondary N) is 3. The molecule has 5 rings (SSSR count). The first-order valence-electron chi connectivity index (χ1n) is 14.7. The fourth-order valence-electron chi connectivity index (χ4n) is 6.63. The van der Waals surface area contributed by atoms with Gasteiger partial charge in [-0.3, -0.25) is 19.2 Å². The Balaban J connectivity index is 1.55. The minimum absolute atomic E-state index is 0.200. The number of carbonyl (C=O) groups is 4. The number of likely N-dealkylation sites (tertiary alicyclic amines) is 1. The third kappa shape index (κ3) is 5.51. The molecule has 1 fully saturated rings. The number of nitrogens with two attached hydrogens (primary N) is 1. The van der Waals surface area contributed by atoms with Gasteiger partial charge in [-0.25, -0.2) is 0 Å². The summed E-state index contributed by atoms with van der Waals surface area (Å²) in [5.74, 6) is -1.08. The van der Waals surface area contributed by atoms with E-state index in [2.05, 4.69) is 15.6 Å². The van der Waals surface area contributed by atoms with E-state index in [4.69, 9.17) is 5.73 Å². The number of para-hydroxylation sites is 1. The maximum Gasteiger partial charge on any atom is 0.249 e. The van der Waals surface area contributed by atoms with E-state index in [0.717, 1.165) is 34.1 Å². The highest BCUT2D eigenvalue weighted by Gasteiger charge is 2.57. The van der Waals surface area contributed by atoms with Gasteiger partial charge < -0.3 is 31.2 Å². The highest BCUT2D eigenvalue weighted by Crippen LogP contribution is 2.42. The van der Waals surface area contributed by atoms with Gasteiger partial charge in [-0.2, -0.15) is 0 Å². The standard InChI is InChI=1S/C32H40N6O4/c1-21(39)35-26(18-22-10-4-3-5-11-22)30(41)38-20-27-24(23-12-6-7-13-25(23)36-27)19-32(38)15-17-37(31(32)42)28(29(40)34-2)14-8-9-16-33/h3-7,10-13,26,28,36H,8-9,14-20,33H2,1-2H3,(H,34,40)(H,35,39)/t26-,28-,32+/m0/s1. The molecule has 10 heteroatoms. The van der Waals surface area contributed by atoms with Crippen molar-refractivity contribution >= 4 is 34.5 Å². The SMILES string of the molecule is CNC(=O)[C@H](CCCCN)N1CC[C@@]2(Cc3c([nH]c4ccccc34)CN2C(=O)[C@H](Cc2ccccc2)NC(C)=O)C1=O. The van der Waals surface area contributed by atoms with Crippen molar-refractivity contribution in [3.05, 3.63) is 71.4 Å². The smallest absolute Gasteiger partial charge is 0.249 e. The topological polar surface area (TPSA) is 141 Å². The molecule has 3 aromatic rings. The van der Waals surface area contributed by atoms with Gasteiger partial charge in [0.15, 0.2) is 0 Å². The van der Waals surface area contributed by atoms with E-state index in [0.29, 0.717) is 45.2 Å². The molecule has 222 valence electrons. The molecule has 1 aromatic heterocycles. The number of nitrogens with zero attached hydrogens (tertiary/aromatic N) is 2. The summed E-state index contributed by atoms with van der Waals surface area (Å²) in [5, 5.41) is 6.60. The van der Waals surface area contributed by atoms with E-state index >= 15 is 0 Å². The average Bonchev–Trinajstić information content (AvgIpc) is 3.51. The normalized spacial score (nSPS) is 19.5. The van der Waals surface area contributed by atoms with Crippen LogP contribution in [0.1, 0.15) is 49.4 Å². The van der Waals surface area contributed by atoms with Gasteiger partial charge in [0.05, 0.1) is 6.54 Å². The van der Waals surface area contributed by atoms with Crippen molar-refractivity contribution in [2.45, 2.75) is 69.6 Å². The van der Waals surface area contributed by atoms with Crippen LogP contribution in [-0.2, 0) is 38.6 Å². The number of hydrogen-bond donors (Lipinski definition) is 4. The van der Waals surface area contributed by atoms with Gasteiger partial charge in [0.1, 0.15) is 17.6 Å². The highest BCUT2D eigenvalue weighted by atomic mass is 16.2. The summed E-state index contributed by atoms with van der Waals surface area (Å²) in [7, 11) is 1.57. The Morgan fingerprint density at radius 3 is 2.52 bits per heavy atom. The van der Waals surface area contributed by atoms with Crippen LogP contribution in [0.5, 0.6) is 0 Å². The summed E-state index contributed by atoms with van der Waals surface area (Å²) in [5.41, 5.74) is 8.28. The number of H-pyrrole nitrogens is 1. The number of rotatable bonds is 10. The fraction of sp³-hybridized carbons (Fsp3) is 0.438. The maximum absolute atomic E-state index is 14.6. The van der Waals surface area contributed by atoms with Crippen LogP contribution in [0.2, 0.25) is 0 Å². The monoisotopic (exact) mass is 572 g/mol. The molecule has 4 amide bonds. The number of unbranched alkanes of at least 4 members (excludes halogenated alkanes) is 1. The van der Waals surface area contributed by atoms with Crippen LogP contribution in [0.15, 0.2) is 54.6 Å². The largest absolute Gasteiger partial charge is 0.357 e. The lowest BCUT2D eigenvalue weighted by molar-refractivity contribution is -0.154. The molecule has 0 unspecified atom stereocenters. The fourth-order valence-corrected chi connectivity index (χ4v) is 6.63. The highest BCUT2D eigenvalue weighted by molar-refractivity contribution is 6.00. The first-order chi connectivity index (χ1) is 20.3. The predicted octanol–water partition coefficient (Wildman–Crippen LogP) is 2.01. The molecule has 1 saturated heterocycles. The Morgan fingerprint density at radius 1 is 1.07 bits per heavy atom. The third-order valence-corrected chi connectivity index (χ3v) is 8.71. The Hall–Kier alpha value is -4.18. The average molecular weight is 573 g/mol. The second-order valence-electron chi connectivity index (χ2n) is 11.4. The number of hydrogen-bond acceptors (Lipinski definition) is 5. The number of amides is 4. The molecule has 0 aliphatic carbocycles. The molecule has 0 radical (unpaired) electrons. The molecule has 5 N–H and O–H groups in total. The number of aromatic nitrogens is 1. The van der Waals surface area contributed by atoms with Crippen LogP contribution < -0.4 is 16.4 Å². The van der Waals surface area contributed by atoms with Crippen LogP contribution >= 0.6 is 0 Å². The molecule has 2 aromatic carbocycles. The lowest BCUT2D eigenvalue weighted by atomic mass is 9.81. The van der Waals surface area contributed by atoms with Crippen LogP contribution in [0.4, 0.5) is 0 Å². The minimum Gasteiger partial charge on any atom is -0.357 e. The van der Waals surface area contributed by atoms with Crippen molar-refractivity contribution in [2.24, 2.45) is 5.73 Å². The quantitative estimate of drug-likeness (QED) is 0.275. The molecule has 3 atom stereocenters. The zero-order valence-corrected chi connectivity index (χ0v) is 24.3. The summed E-state index contributed by atoms with van der Waals surface area (Å²) in [6, 6.07) is 16.0. The minimum atomic E-state index is -1.18. The summed E-state index contributed by atoms with van der Waals surface area (Å²) in [4.78, 5) is 61.2. The van der Waals surface area contributed by atoms with Crippen molar-refractivity contribution in [2.75, 3.05) is 20.1 Å². The zero-order valence-electron chi connectivity index (χ0n) is 24.3. The predicted molar refractivity (Wildman–Crippen MR) is 160 cm³/mol. The van der Waals surface area contributed by atoms with Gasteiger partial charge in [-0.05, 0) is 49.4 Å². The van der Waals surface area contributed by atoms with Crippen molar-refractivity contribution in [1.82, 2.24) is 25.4 Å². The van der Waals surface area contributed by atoms with Gasteiger partial charge in [-0.15, -0.1) is 0 Å². The van der Waals surface area contributed by atoms with E-state index < -0.39 is 17.6 Å². The number of aromatic amines is 1. The summed E-state index contributed by atoms with van der Waals surface area (Å²) >= 11 is 0. The second kappa shape index (κ2) is 12.4. The van der Waals surface area contributed by atoms with E-state index in [9.17, 15) is 19.2 Å². The number of benzene rings is 2. The van der Waals surface area contributed by atoms with E-state index in [1.54, 1.807) is 16.8 Å². The van der Waals surface area contributed by atoms with Crippen LogP contribution in [0.25, 0.3) is 10.9 Å². The number of likely N-dealkylation sites (N-methyl/N-ethyl adjacent to an activating group) is 1. The number of fused-ring (bicyclic) bond motifs is 3. The first kappa shape index (κ1) is 29.3. The summed E-state index contributed by atoms with van der Waals surface area (Å²) in [6.45, 7) is 2.45. The van der Waals surface area contributed by atoms with Crippen molar-refractivity contribution in [1.29, 1.82) is 0 Å². The molecule has 0 saturated carbocycles. The summed E-state index contributed by atoms with van der Waals surface area (Å²) in [6.07, 6.45) is 2.97. The van der Waals surface area contributed by atoms with Crippen LogP contribution in [0, 0.1) is 0 Å². The van der Waals surface area contributed by atoms with Crippen molar-refractivity contribution in [3.63, 3.8) is 0 Å². The van der Waals surface area contributed by atoms with Crippen molar-refractivity contribution in [3.8, 4) is 0 Å². The molecule has 1 spiro atoms. The number of carbonyl (C=O) groups excluding carboxylic acids is 4. The Morgan fingerprint density at radius 2 is 1.81 bits per heavy atom. The zero-order chi connectivity index (χ0) is 29.9. The molecule has 42 heavy (non-hydrogen) atoms. The Bertz CT molecular complexity index is 1470. The van der Waals surface area contributed by atoms with Gasteiger partial charge in [0, 0.05) is 50.0 Å². The molecular formula is C32H40N6O4. The first-order valence-corrected chi connectivity index (χ1v) is 14.7. The van der Waals surface area contributed by atoms with Gasteiger partial charge in [0.25, 0.3) is 0 Å². The molecule has 2 aliphatic heterocycles. The van der Waals surface area contributed by atoms with Crippen LogP contribution in [0.3, 0.4) is 0 Å². The second-order valence-corrected chi connectivity index (χ2v) is 11.4. The van der Waals surface area contributed by atoms with E-state index in [1.807, 2.05) is 54.6 Å². The van der Waals surface area contributed by atoms with Gasteiger partial charge in [-0.1, -0.05) is 48.5 Å². The molecular weight excluding hydrogens is 532 g/mol. The van der Waals surface area contributed by atoms with E-state index in [1.165, 1.54) is 6.92 Å². The van der Waals surface area contributed by atoms with Crippen molar-refractivity contribution < 1.29 is 19.2 Å². The lowest BCUT2D eigenvalue weighted by Gasteiger charge is -2.45. The molecule has 10 nitrogen and oxygen atoms in total. The Labute approximate surface area is 246 Å². The van der Waals surface area contributed by atoms with Gasteiger partial charge >= 0.3 is 0 Å². The maximum atomic E-state index is 14.6. The van der Waals surface area contributed by atoms with Crippen LogP contribution in [-0.4, -0.2) is 76.2 Å². The van der Waals surface area contributed by atoms with E-state index in [-0.39, 0.29) is 30.2 Å². The summed E-state index contributed by atoms with van der Waals surface area (Å²) < 4.78 is 0. The van der Waals surface area contributed by atoms with Gasteiger partial charge in [0.2, 0.25) is 23.6 Å². The molecule has 3 heterocycles. The Kier molecular flexibility index (Phi) is 8.63. The molecule has 0 bridgehead atoms. The molecule has 2 aliphatic rings.